The van der Waals surface area contributed by atoms with Crippen LogP contribution in [0.25, 0.3) is 5.69 Å². The van der Waals surface area contributed by atoms with Gasteiger partial charge in [0.05, 0.1) is 27.7 Å². The Kier molecular flexibility index (Phi) is 6.88. The third-order valence-corrected chi connectivity index (χ3v) is 6.95. The van der Waals surface area contributed by atoms with E-state index in [4.69, 9.17) is 16.7 Å². The number of carboxylic acid groups (broad SMARTS) is 1. The maximum Gasteiger partial charge on any atom is 0.335 e. The third kappa shape index (κ3) is 5.00. The van der Waals surface area contributed by atoms with Gasteiger partial charge in [-0.05, 0) is 76.5 Å². The van der Waals surface area contributed by atoms with Crippen LogP contribution in [0, 0.1) is 0 Å². The van der Waals surface area contributed by atoms with Gasteiger partial charge < -0.3 is 10.4 Å². The highest BCUT2D eigenvalue weighted by molar-refractivity contribution is 9.10. The molecule has 10 heteroatoms. The van der Waals surface area contributed by atoms with E-state index in [2.05, 4.69) is 56.6 Å². The molecule has 0 spiro atoms. The summed E-state index contributed by atoms with van der Waals surface area (Å²) in [6, 6.07) is 10.7. The number of halogens is 2. The Morgan fingerprint density at radius 1 is 1.25 bits per heavy atom. The highest BCUT2D eigenvalue weighted by atomic mass is 79.9. The molecule has 2 N–H and O–H groups in total. The van der Waals surface area contributed by atoms with Gasteiger partial charge in [-0.1, -0.05) is 42.4 Å². The van der Waals surface area contributed by atoms with Crippen LogP contribution in [-0.4, -0.2) is 37.5 Å². The van der Waals surface area contributed by atoms with E-state index in [0.29, 0.717) is 21.5 Å². The minimum atomic E-state index is -1.08. The number of thioether (sulfide) groups is 1. The van der Waals surface area contributed by atoms with Gasteiger partial charge >= 0.3 is 5.97 Å². The predicted molar refractivity (Wildman–Crippen MR) is 128 cm³/mol. The van der Waals surface area contributed by atoms with Crippen LogP contribution < -0.4 is 5.32 Å². The summed E-state index contributed by atoms with van der Waals surface area (Å²) in [5.41, 5.74) is 3.97. The van der Waals surface area contributed by atoms with Crippen LogP contribution in [0.1, 0.15) is 47.2 Å². The maximum atomic E-state index is 12.5. The van der Waals surface area contributed by atoms with Gasteiger partial charge in [0.15, 0.2) is 5.16 Å². The molecule has 1 aliphatic rings. The van der Waals surface area contributed by atoms with Gasteiger partial charge in [-0.15, -0.1) is 10.2 Å². The first kappa shape index (κ1) is 22.8. The van der Waals surface area contributed by atoms with Gasteiger partial charge in [0.2, 0.25) is 10.6 Å². The second-order valence-electron chi connectivity index (χ2n) is 7.44. The number of benzene rings is 2. The van der Waals surface area contributed by atoms with Crippen molar-refractivity contribution in [3.8, 4) is 5.69 Å². The second kappa shape index (κ2) is 9.64. The summed E-state index contributed by atoms with van der Waals surface area (Å²) < 4.78 is 2.48. The summed E-state index contributed by atoms with van der Waals surface area (Å²) in [6.45, 7) is 2.12. The molecule has 1 fully saturated rings. The summed E-state index contributed by atoms with van der Waals surface area (Å²) in [4.78, 5) is 23.5. The van der Waals surface area contributed by atoms with Crippen molar-refractivity contribution >= 4 is 56.9 Å². The van der Waals surface area contributed by atoms with Gasteiger partial charge in [-0.3, -0.25) is 9.36 Å². The number of amides is 1. The van der Waals surface area contributed by atoms with Crippen molar-refractivity contribution < 1.29 is 14.7 Å². The first-order valence-electron chi connectivity index (χ1n) is 10.1. The van der Waals surface area contributed by atoms with E-state index >= 15 is 0 Å². The smallest absolute Gasteiger partial charge is 0.335 e. The van der Waals surface area contributed by atoms with Crippen molar-refractivity contribution in [3.05, 3.63) is 62.8 Å². The zero-order valence-corrected chi connectivity index (χ0v) is 20.3. The molecule has 0 unspecified atom stereocenters. The van der Waals surface area contributed by atoms with Gasteiger partial charge in [0.25, 0.3) is 0 Å². The average Bonchev–Trinajstić information content (AvgIpc) is 3.56. The Balaban J connectivity index is 1.48. The van der Waals surface area contributed by atoms with E-state index in [9.17, 15) is 9.59 Å². The molecule has 3 aromatic rings. The van der Waals surface area contributed by atoms with E-state index < -0.39 is 5.97 Å². The lowest BCUT2D eigenvalue weighted by Crippen LogP contribution is -2.15. The summed E-state index contributed by atoms with van der Waals surface area (Å²) in [6.07, 6.45) is 3.37. The SMILES string of the molecule is CCc1cc(C2CC2)ccc1-n1c(Br)nnc1SCC(=O)Nc1ccc(C(=O)O)cc1Cl. The molecule has 1 heterocycles. The molecule has 1 amide bonds. The molecule has 1 saturated carbocycles. The minimum absolute atomic E-state index is 0.0553. The van der Waals surface area contributed by atoms with Crippen molar-refractivity contribution in [1.29, 1.82) is 0 Å². The number of aromatic carboxylic acids is 1. The molecule has 1 aromatic heterocycles. The molecule has 0 aliphatic heterocycles. The van der Waals surface area contributed by atoms with Crippen molar-refractivity contribution in [2.45, 2.75) is 37.3 Å². The van der Waals surface area contributed by atoms with E-state index in [1.165, 1.54) is 53.9 Å². The molecule has 32 heavy (non-hydrogen) atoms. The zero-order valence-electron chi connectivity index (χ0n) is 17.1. The fraction of sp³-hybridized carbons (Fsp3) is 0.273. The number of nitrogens with zero attached hydrogens (tertiary/aromatic N) is 3. The highest BCUT2D eigenvalue weighted by Gasteiger charge is 2.25. The Morgan fingerprint density at radius 3 is 2.69 bits per heavy atom. The molecule has 0 saturated heterocycles. The van der Waals surface area contributed by atoms with E-state index in [0.717, 1.165) is 12.1 Å². The number of hydrogen-bond donors (Lipinski definition) is 2. The van der Waals surface area contributed by atoms with Crippen LogP contribution in [-0.2, 0) is 11.2 Å². The molecule has 4 rings (SSSR count). The number of carbonyl (C=O) groups excluding carboxylic acids is 1. The highest BCUT2D eigenvalue weighted by Crippen LogP contribution is 2.41. The second-order valence-corrected chi connectivity index (χ2v) is 9.50. The number of carbonyl (C=O) groups is 2. The number of aromatic nitrogens is 3. The largest absolute Gasteiger partial charge is 0.478 e. The van der Waals surface area contributed by atoms with Crippen molar-refractivity contribution in [1.82, 2.24) is 14.8 Å². The maximum absolute atomic E-state index is 12.5. The van der Waals surface area contributed by atoms with Crippen LogP contribution in [0.4, 0.5) is 5.69 Å². The monoisotopic (exact) mass is 534 g/mol. The van der Waals surface area contributed by atoms with Crippen LogP contribution in [0.15, 0.2) is 46.3 Å². The molecule has 0 bridgehead atoms. The van der Waals surface area contributed by atoms with Crippen molar-refractivity contribution in [2.24, 2.45) is 0 Å². The molecular weight excluding hydrogens is 516 g/mol. The van der Waals surface area contributed by atoms with Crippen LogP contribution in [0.3, 0.4) is 0 Å². The van der Waals surface area contributed by atoms with Crippen molar-refractivity contribution in [3.63, 3.8) is 0 Å². The Labute approximate surface area is 202 Å². The topological polar surface area (TPSA) is 97.1 Å². The Bertz CT molecular complexity index is 1200. The average molecular weight is 536 g/mol. The molecule has 166 valence electrons. The summed E-state index contributed by atoms with van der Waals surface area (Å²) in [5, 5.41) is 20.9. The Morgan fingerprint density at radius 2 is 2.03 bits per heavy atom. The van der Waals surface area contributed by atoms with Gasteiger partial charge in [-0.2, -0.15) is 0 Å². The fourth-order valence-corrected chi connectivity index (χ4v) is 4.92. The molecule has 0 radical (unpaired) electrons. The van der Waals surface area contributed by atoms with Gasteiger partial charge in [-0.25, -0.2) is 4.79 Å². The third-order valence-electron chi connectivity index (χ3n) is 5.19. The number of aryl methyl sites for hydroxylation is 1. The normalized spacial score (nSPS) is 13.2. The van der Waals surface area contributed by atoms with Gasteiger partial charge in [0.1, 0.15) is 0 Å². The van der Waals surface area contributed by atoms with E-state index in [-0.39, 0.29) is 22.2 Å². The first-order valence-corrected chi connectivity index (χ1v) is 12.2. The zero-order chi connectivity index (χ0) is 22.8. The summed E-state index contributed by atoms with van der Waals surface area (Å²) in [7, 11) is 0. The lowest BCUT2D eigenvalue weighted by molar-refractivity contribution is -0.113. The number of nitrogens with one attached hydrogen (secondary N) is 1. The van der Waals surface area contributed by atoms with E-state index in [1.807, 2.05) is 4.57 Å². The number of anilines is 1. The molecular formula is C22H20BrClN4O3S. The standard InChI is InChI=1S/C22H20BrClN4O3S/c1-2-12-9-14(13-3-4-13)6-8-18(12)28-21(23)26-27-22(28)32-11-19(29)25-17-7-5-15(20(30)31)10-16(17)24/h5-10,13H,2-4,11H2,1H3,(H,25,29)(H,30,31). The summed E-state index contributed by atoms with van der Waals surface area (Å²) in [5.74, 6) is -0.607. The number of rotatable bonds is 8. The van der Waals surface area contributed by atoms with E-state index in [1.54, 1.807) is 0 Å². The lowest BCUT2D eigenvalue weighted by Gasteiger charge is -2.14. The number of carboxylic acids is 1. The molecule has 7 nitrogen and oxygen atoms in total. The van der Waals surface area contributed by atoms with Crippen LogP contribution in [0.2, 0.25) is 5.02 Å². The lowest BCUT2D eigenvalue weighted by atomic mass is 10.0. The van der Waals surface area contributed by atoms with Crippen molar-refractivity contribution in [2.75, 3.05) is 11.1 Å². The summed E-state index contributed by atoms with van der Waals surface area (Å²) >= 11 is 10.8. The van der Waals surface area contributed by atoms with Crippen LogP contribution in [0.5, 0.6) is 0 Å². The predicted octanol–water partition coefficient (Wildman–Crippen LogP) is 5.55. The quantitative estimate of drug-likeness (QED) is 0.367. The number of hydrogen-bond acceptors (Lipinski definition) is 5. The first-order chi connectivity index (χ1) is 15.4. The molecule has 0 atom stereocenters. The Hall–Kier alpha value is -2.36. The fourth-order valence-electron chi connectivity index (χ4n) is 3.39. The van der Waals surface area contributed by atoms with Gasteiger partial charge in [0, 0.05) is 0 Å². The molecule has 2 aromatic carbocycles. The van der Waals surface area contributed by atoms with Crippen LogP contribution >= 0.6 is 39.3 Å². The molecule has 1 aliphatic carbocycles. The minimum Gasteiger partial charge on any atom is -0.478 e.